The molecular formula is C15H19ClN2O4. The minimum absolute atomic E-state index is 0.114. The fraction of sp³-hybridized carbons (Fsp3) is 0.400. The summed E-state index contributed by atoms with van der Waals surface area (Å²) in [4.78, 5) is 34.5. The van der Waals surface area contributed by atoms with Gasteiger partial charge in [-0.3, -0.25) is 9.59 Å². The molecule has 7 heteroatoms. The SMILES string of the molecule is CC(=O)Nc1ccc(Cl)c(C(=O)NC(CC(C)C)C(=O)O)c1. The number of halogens is 1. The van der Waals surface area contributed by atoms with Gasteiger partial charge < -0.3 is 15.7 Å². The second-order valence-electron chi connectivity index (χ2n) is 5.37. The molecule has 1 aromatic carbocycles. The van der Waals surface area contributed by atoms with Gasteiger partial charge in [-0.25, -0.2) is 4.79 Å². The first kappa shape index (κ1) is 18.0. The molecule has 1 aromatic rings. The molecule has 0 fully saturated rings. The van der Waals surface area contributed by atoms with Gasteiger partial charge in [0.25, 0.3) is 5.91 Å². The molecule has 1 unspecified atom stereocenters. The first-order valence-corrected chi connectivity index (χ1v) is 7.19. The van der Waals surface area contributed by atoms with E-state index in [4.69, 9.17) is 16.7 Å². The van der Waals surface area contributed by atoms with Crippen molar-refractivity contribution in [1.82, 2.24) is 5.32 Å². The molecular weight excluding hydrogens is 308 g/mol. The predicted molar refractivity (Wildman–Crippen MR) is 84.1 cm³/mol. The largest absolute Gasteiger partial charge is 0.480 e. The van der Waals surface area contributed by atoms with Gasteiger partial charge in [0, 0.05) is 12.6 Å². The van der Waals surface area contributed by atoms with Crippen LogP contribution in [0.4, 0.5) is 5.69 Å². The number of nitrogens with one attached hydrogen (secondary N) is 2. The third-order valence-electron chi connectivity index (χ3n) is 2.84. The smallest absolute Gasteiger partial charge is 0.326 e. The summed E-state index contributed by atoms with van der Waals surface area (Å²) in [5.41, 5.74) is 0.528. The minimum Gasteiger partial charge on any atom is -0.480 e. The first-order chi connectivity index (χ1) is 10.2. The van der Waals surface area contributed by atoms with Crippen molar-refractivity contribution in [2.24, 2.45) is 5.92 Å². The van der Waals surface area contributed by atoms with Gasteiger partial charge in [0.1, 0.15) is 6.04 Å². The number of rotatable bonds is 6. The van der Waals surface area contributed by atoms with Gasteiger partial charge >= 0.3 is 5.97 Å². The molecule has 0 saturated heterocycles. The number of amides is 2. The molecule has 0 saturated carbocycles. The number of anilines is 1. The van der Waals surface area contributed by atoms with Crippen LogP contribution in [0, 0.1) is 5.92 Å². The van der Waals surface area contributed by atoms with E-state index in [-0.39, 0.29) is 22.4 Å². The van der Waals surface area contributed by atoms with Crippen molar-refractivity contribution in [2.45, 2.75) is 33.2 Å². The van der Waals surface area contributed by atoms with Gasteiger partial charge in [0.2, 0.25) is 5.91 Å². The van der Waals surface area contributed by atoms with Crippen molar-refractivity contribution in [2.75, 3.05) is 5.32 Å². The van der Waals surface area contributed by atoms with Crippen molar-refractivity contribution < 1.29 is 19.5 Å². The van der Waals surface area contributed by atoms with Crippen LogP contribution in [0.3, 0.4) is 0 Å². The summed E-state index contributed by atoms with van der Waals surface area (Å²) in [5.74, 6) is -1.86. The van der Waals surface area contributed by atoms with E-state index in [9.17, 15) is 14.4 Å². The third kappa shape index (κ3) is 5.37. The Morgan fingerprint density at radius 2 is 1.91 bits per heavy atom. The van der Waals surface area contributed by atoms with E-state index < -0.39 is 17.9 Å². The summed E-state index contributed by atoms with van der Waals surface area (Å²) < 4.78 is 0. The third-order valence-corrected chi connectivity index (χ3v) is 3.17. The van der Waals surface area contributed by atoms with Gasteiger partial charge in [-0.05, 0) is 30.5 Å². The van der Waals surface area contributed by atoms with Crippen LogP contribution in [-0.2, 0) is 9.59 Å². The average molecular weight is 327 g/mol. The number of hydrogen-bond acceptors (Lipinski definition) is 3. The molecule has 0 aromatic heterocycles. The molecule has 0 aliphatic carbocycles. The van der Waals surface area contributed by atoms with Crippen LogP contribution in [-0.4, -0.2) is 28.9 Å². The summed E-state index contributed by atoms with van der Waals surface area (Å²) in [5, 5.41) is 14.3. The normalized spacial score (nSPS) is 11.9. The van der Waals surface area contributed by atoms with E-state index in [0.717, 1.165) is 0 Å². The number of carboxylic acids is 1. The van der Waals surface area contributed by atoms with Gasteiger partial charge in [-0.15, -0.1) is 0 Å². The van der Waals surface area contributed by atoms with Crippen molar-refractivity contribution in [3.63, 3.8) is 0 Å². The number of carbonyl (C=O) groups excluding carboxylic acids is 2. The molecule has 0 spiro atoms. The van der Waals surface area contributed by atoms with Crippen LogP contribution >= 0.6 is 11.6 Å². The van der Waals surface area contributed by atoms with Gasteiger partial charge in [-0.1, -0.05) is 25.4 Å². The Labute approximate surface area is 133 Å². The molecule has 3 N–H and O–H groups in total. The maximum absolute atomic E-state index is 12.2. The fourth-order valence-electron chi connectivity index (χ4n) is 1.91. The van der Waals surface area contributed by atoms with E-state index in [2.05, 4.69) is 10.6 Å². The zero-order valence-corrected chi connectivity index (χ0v) is 13.4. The van der Waals surface area contributed by atoms with Crippen molar-refractivity contribution in [1.29, 1.82) is 0 Å². The maximum Gasteiger partial charge on any atom is 0.326 e. The predicted octanol–water partition coefficient (Wildman–Crippen LogP) is 2.53. The Hall–Kier alpha value is -2.08. The first-order valence-electron chi connectivity index (χ1n) is 6.81. The molecule has 0 bridgehead atoms. The van der Waals surface area contributed by atoms with E-state index >= 15 is 0 Å². The molecule has 120 valence electrons. The van der Waals surface area contributed by atoms with E-state index in [1.807, 2.05) is 13.8 Å². The Balaban J connectivity index is 2.96. The Morgan fingerprint density at radius 1 is 1.27 bits per heavy atom. The Bertz CT molecular complexity index is 587. The summed E-state index contributed by atoms with van der Waals surface area (Å²) in [6, 6.07) is 3.45. The van der Waals surface area contributed by atoms with Gasteiger partial charge in [0.05, 0.1) is 10.6 Å². The van der Waals surface area contributed by atoms with E-state index in [1.165, 1.54) is 19.1 Å². The van der Waals surface area contributed by atoms with Gasteiger partial charge in [0.15, 0.2) is 0 Å². The van der Waals surface area contributed by atoms with Crippen LogP contribution in [0.5, 0.6) is 0 Å². The molecule has 0 heterocycles. The highest BCUT2D eigenvalue weighted by molar-refractivity contribution is 6.34. The molecule has 22 heavy (non-hydrogen) atoms. The topological polar surface area (TPSA) is 95.5 Å². The van der Waals surface area contributed by atoms with Crippen molar-refractivity contribution in [3.05, 3.63) is 28.8 Å². The lowest BCUT2D eigenvalue weighted by Gasteiger charge is -2.17. The summed E-state index contributed by atoms with van der Waals surface area (Å²) in [7, 11) is 0. The zero-order valence-electron chi connectivity index (χ0n) is 12.6. The monoisotopic (exact) mass is 326 g/mol. The molecule has 0 radical (unpaired) electrons. The summed E-state index contributed by atoms with van der Waals surface area (Å²) >= 11 is 5.98. The Morgan fingerprint density at radius 3 is 2.41 bits per heavy atom. The minimum atomic E-state index is -1.10. The highest BCUT2D eigenvalue weighted by Gasteiger charge is 2.23. The second kappa shape index (κ2) is 7.79. The standard InChI is InChI=1S/C15H19ClN2O4/c1-8(2)6-13(15(21)22)18-14(20)11-7-10(17-9(3)19)4-5-12(11)16/h4-5,7-8,13H,6H2,1-3H3,(H,17,19)(H,18,20)(H,21,22). The highest BCUT2D eigenvalue weighted by Crippen LogP contribution is 2.21. The number of hydrogen-bond donors (Lipinski definition) is 3. The number of carboxylic acid groups (broad SMARTS) is 1. The summed E-state index contributed by atoms with van der Waals surface area (Å²) in [6.07, 6.45) is 0.310. The lowest BCUT2D eigenvalue weighted by atomic mass is 10.0. The molecule has 1 rings (SSSR count). The maximum atomic E-state index is 12.2. The molecule has 0 aliphatic rings. The highest BCUT2D eigenvalue weighted by atomic mass is 35.5. The van der Waals surface area contributed by atoms with Crippen LogP contribution in [0.2, 0.25) is 5.02 Å². The molecule has 6 nitrogen and oxygen atoms in total. The van der Waals surface area contributed by atoms with Crippen LogP contribution < -0.4 is 10.6 Å². The van der Waals surface area contributed by atoms with Crippen LogP contribution in [0.15, 0.2) is 18.2 Å². The second-order valence-corrected chi connectivity index (χ2v) is 5.78. The quantitative estimate of drug-likeness (QED) is 0.748. The van der Waals surface area contributed by atoms with Gasteiger partial charge in [-0.2, -0.15) is 0 Å². The molecule has 1 atom stereocenters. The fourth-order valence-corrected chi connectivity index (χ4v) is 2.11. The number of benzene rings is 1. The van der Waals surface area contributed by atoms with Crippen LogP contribution in [0.1, 0.15) is 37.6 Å². The molecule has 2 amide bonds. The van der Waals surface area contributed by atoms with Crippen LogP contribution in [0.25, 0.3) is 0 Å². The Kier molecular flexibility index (Phi) is 6.37. The molecule has 0 aliphatic heterocycles. The lowest BCUT2D eigenvalue weighted by molar-refractivity contribution is -0.139. The van der Waals surface area contributed by atoms with E-state index in [1.54, 1.807) is 6.07 Å². The zero-order chi connectivity index (χ0) is 16.9. The lowest BCUT2D eigenvalue weighted by Crippen LogP contribution is -2.41. The average Bonchev–Trinajstić information content (AvgIpc) is 2.38. The van der Waals surface area contributed by atoms with Crippen molar-refractivity contribution >= 4 is 35.1 Å². The summed E-state index contributed by atoms with van der Waals surface area (Å²) in [6.45, 7) is 5.08. The number of carbonyl (C=O) groups is 3. The van der Waals surface area contributed by atoms with E-state index in [0.29, 0.717) is 12.1 Å². The van der Waals surface area contributed by atoms with Crippen molar-refractivity contribution in [3.8, 4) is 0 Å². The number of aliphatic carboxylic acids is 1.